The van der Waals surface area contributed by atoms with Crippen LogP contribution in [-0.4, -0.2) is 81.2 Å². The zero-order valence-electron chi connectivity index (χ0n) is 27.4. The lowest BCUT2D eigenvalue weighted by Crippen LogP contribution is -2.23. The molecule has 0 fully saturated rings. The summed E-state index contributed by atoms with van der Waals surface area (Å²) in [6, 6.07) is 5.13. The highest BCUT2D eigenvalue weighted by Crippen LogP contribution is 2.39. The smallest absolute Gasteiger partial charge is 0.342 e. The first kappa shape index (κ1) is 35.4. The predicted molar refractivity (Wildman–Crippen MR) is 174 cm³/mol. The van der Waals surface area contributed by atoms with Crippen LogP contribution >= 0.6 is 0 Å². The molecule has 2 aromatic heterocycles. The normalized spacial score (nSPS) is 11.6. The summed E-state index contributed by atoms with van der Waals surface area (Å²) >= 11 is 0. The molecule has 0 radical (unpaired) electrons. The van der Waals surface area contributed by atoms with Gasteiger partial charge in [0.1, 0.15) is 17.4 Å². The number of aromatic amines is 1. The summed E-state index contributed by atoms with van der Waals surface area (Å²) < 4.78 is 54.3. The first-order chi connectivity index (χ1) is 22.5. The molecule has 0 amide bonds. The zero-order valence-corrected chi connectivity index (χ0v) is 28.4. The topological polar surface area (TPSA) is 163 Å². The fourth-order valence-corrected chi connectivity index (χ4v) is 5.25. The van der Waals surface area contributed by atoms with Crippen molar-refractivity contribution in [3.05, 3.63) is 56.7 Å². The van der Waals surface area contributed by atoms with Crippen molar-refractivity contribution in [3.63, 3.8) is 0 Å². The molecular weight excluding hydrogens is 634 g/mol. The van der Waals surface area contributed by atoms with E-state index in [1.807, 2.05) is 0 Å². The summed E-state index contributed by atoms with van der Waals surface area (Å²) in [6.45, 7) is 5.92. The van der Waals surface area contributed by atoms with Crippen molar-refractivity contribution in [2.75, 3.05) is 62.2 Å². The van der Waals surface area contributed by atoms with E-state index in [-0.39, 0.29) is 84.1 Å². The van der Waals surface area contributed by atoms with Gasteiger partial charge in [0.15, 0.2) is 55.6 Å². The zero-order chi connectivity index (χ0) is 34.1. The Morgan fingerprint density at radius 2 is 1.36 bits per heavy atom. The van der Waals surface area contributed by atoms with Gasteiger partial charge >= 0.3 is 5.97 Å². The van der Waals surface area contributed by atoms with Gasteiger partial charge in [0.05, 0.1) is 34.0 Å². The number of hydrogen-bond acceptors (Lipinski definition) is 13. The number of fused-ring (bicyclic) bond motifs is 2. The Morgan fingerprint density at radius 3 is 1.98 bits per heavy atom. The number of carbonyl (C=O) groups is 1. The first-order valence-electron chi connectivity index (χ1n) is 14.5. The van der Waals surface area contributed by atoms with Gasteiger partial charge in [0.25, 0.3) is 0 Å². The van der Waals surface area contributed by atoms with Crippen LogP contribution in [0.3, 0.4) is 0 Å². The minimum atomic E-state index is -1.57. The SMILES string of the molecule is COCOc1cc2[nH]cc(-c3coc4cc(OCOC)c(OCOC)c(C(=O)OCC[Si](C)(C)C)c4c3=O)c(=O)c2cc1OCOC. The number of esters is 1. The van der Waals surface area contributed by atoms with Crippen LogP contribution in [0.25, 0.3) is 33.0 Å². The second-order valence-corrected chi connectivity index (χ2v) is 17.1. The van der Waals surface area contributed by atoms with Crippen LogP contribution in [0.15, 0.2) is 44.7 Å². The Balaban J connectivity index is 1.94. The Labute approximate surface area is 271 Å². The molecule has 15 heteroatoms. The number of benzene rings is 2. The van der Waals surface area contributed by atoms with Crippen molar-refractivity contribution in [2.45, 2.75) is 25.7 Å². The molecule has 14 nitrogen and oxygen atoms in total. The van der Waals surface area contributed by atoms with Gasteiger partial charge in [-0.1, -0.05) is 19.6 Å². The largest absolute Gasteiger partial charge is 0.464 e. The molecule has 0 saturated heterocycles. The third-order valence-electron chi connectivity index (χ3n) is 6.83. The molecule has 2 heterocycles. The lowest BCUT2D eigenvalue weighted by molar-refractivity contribution is 0.0299. The van der Waals surface area contributed by atoms with Crippen LogP contribution in [0.1, 0.15) is 10.4 Å². The monoisotopic (exact) mass is 673 g/mol. The number of carbonyl (C=O) groups excluding carboxylic acids is 1. The molecule has 0 atom stereocenters. The summed E-state index contributed by atoms with van der Waals surface area (Å²) in [5.74, 6) is -0.352. The van der Waals surface area contributed by atoms with Gasteiger partial charge in [-0.25, -0.2) is 4.79 Å². The Kier molecular flexibility index (Phi) is 12.0. The summed E-state index contributed by atoms with van der Waals surface area (Å²) in [6.07, 6.45) is 2.53. The van der Waals surface area contributed by atoms with Crippen LogP contribution < -0.4 is 29.8 Å². The highest BCUT2D eigenvalue weighted by Gasteiger charge is 2.29. The molecule has 0 spiro atoms. The molecule has 254 valence electrons. The van der Waals surface area contributed by atoms with Crippen molar-refractivity contribution < 1.29 is 51.8 Å². The van der Waals surface area contributed by atoms with Gasteiger partial charge in [0, 0.05) is 54.8 Å². The molecular formula is C32H39NO13Si. The number of hydrogen-bond donors (Lipinski definition) is 1. The van der Waals surface area contributed by atoms with Crippen molar-refractivity contribution in [3.8, 4) is 34.1 Å². The number of nitrogens with one attached hydrogen (secondary N) is 1. The number of ether oxygens (including phenoxy) is 9. The number of pyridine rings is 1. The Bertz CT molecular complexity index is 1830. The lowest BCUT2D eigenvalue weighted by atomic mass is 10.0. The fraction of sp³-hybridized carbons (Fsp3) is 0.406. The molecule has 0 aliphatic rings. The first-order valence-corrected chi connectivity index (χ1v) is 18.2. The lowest BCUT2D eigenvalue weighted by Gasteiger charge is -2.19. The van der Waals surface area contributed by atoms with E-state index in [1.54, 1.807) is 6.07 Å². The molecule has 2 aromatic carbocycles. The van der Waals surface area contributed by atoms with E-state index in [9.17, 15) is 14.4 Å². The van der Waals surface area contributed by atoms with E-state index in [4.69, 9.17) is 47.0 Å². The minimum absolute atomic E-state index is 0.000769. The third-order valence-corrected chi connectivity index (χ3v) is 8.53. The molecule has 4 rings (SSSR count). The quantitative estimate of drug-likeness (QED) is 0.0931. The summed E-state index contributed by atoms with van der Waals surface area (Å²) in [5.41, 5.74) is -1.15. The molecule has 4 aromatic rings. The van der Waals surface area contributed by atoms with Crippen molar-refractivity contribution in [1.29, 1.82) is 0 Å². The van der Waals surface area contributed by atoms with Gasteiger partial charge < -0.3 is 52.0 Å². The van der Waals surface area contributed by atoms with Crippen LogP contribution in [0.2, 0.25) is 25.7 Å². The molecule has 0 unspecified atom stereocenters. The van der Waals surface area contributed by atoms with E-state index >= 15 is 0 Å². The maximum Gasteiger partial charge on any atom is 0.342 e. The number of rotatable bonds is 17. The maximum atomic E-state index is 14.3. The summed E-state index contributed by atoms with van der Waals surface area (Å²) in [5, 5.41) is 0.0274. The molecule has 0 aliphatic heterocycles. The van der Waals surface area contributed by atoms with E-state index in [1.165, 1.54) is 46.8 Å². The highest BCUT2D eigenvalue weighted by atomic mass is 28.3. The Hall–Kier alpha value is -4.41. The van der Waals surface area contributed by atoms with Crippen molar-refractivity contribution >= 4 is 35.9 Å². The van der Waals surface area contributed by atoms with Crippen molar-refractivity contribution in [1.82, 2.24) is 4.98 Å². The maximum absolute atomic E-state index is 14.3. The highest BCUT2D eigenvalue weighted by molar-refractivity contribution is 6.76. The van der Waals surface area contributed by atoms with Gasteiger partial charge in [0.2, 0.25) is 5.43 Å². The number of aromatic nitrogens is 1. The fourth-order valence-electron chi connectivity index (χ4n) is 4.54. The van der Waals surface area contributed by atoms with Crippen LogP contribution in [0.5, 0.6) is 23.0 Å². The third kappa shape index (κ3) is 8.30. The van der Waals surface area contributed by atoms with Gasteiger partial charge in [-0.15, -0.1) is 0 Å². The molecule has 0 saturated carbocycles. The molecule has 0 bridgehead atoms. The second-order valence-electron chi connectivity index (χ2n) is 11.5. The van der Waals surface area contributed by atoms with Gasteiger partial charge in [-0.2, -0.15) is 0 Å². The standard InChI is InChI=1S/C32H39NO13Si/c1-37-15-43-23-10-19-22(11-24(23)44-16-38-2)33-13-20(29(19)34)21-14-42-25-12-26(45-17-39-3)31(46-18-40-4)28(27(25)30(21)35)32(36)41-8-9-47(5,6)7/h10-14H,8-9,15-18H2,1-7H3,(H,33,34). The molecule has 1 N–H and O–H groups in total. The van der Waals surface area contributed by atoms with Crippen LogP contribution in [0, 0.1) is 0 Å². The van der Waals surface area contributed by atoms with E-state index < -0.39 is 24.9 Å². The van der Waals surface area contributed by atoms with Crippen LogP contribution in [-0.2, 0) is 23.7 Å². The van der Waals surface area contributed by atoms with Crippen LogP contribution in [0.4, 0.5) is 0 Å². The number of H-pyrrole nitrogens is 1. The van der Waals surface area contributed by atoms with Crippen molar-refractivity contribution in [2.24, 2.45) is 0 Å². The summed E-state index contributed by atoms with van der Waals surface area (Å²) in [7, 11) is 4.18. The summed E-state index contributed by atoms with van der Waals surface area (Å²) in [4.78, 5) is 44.9. The van der Waals surface area contributed by atoms with E-state index in [0.29, 0.717) is 17.3 Å². The number of methoxy groups -OCH3 is 4. The average molecular weight is 674 g/mol. The minimum Gasteiger partial charge on any atom is -0.464 e. The van der Waals surface area contributed by atoms with E-state index in [0.717, 1.165) is 6.26 Å². The average Bonchev–Trinajstić information content (AvgIpc) is 3.04. The molecule has 0 aliphatic carbocycles. The van der Waals surface area contributed by atoms with E-state index in [2.05, 4.69) is 24.6 Å². The van der Waals surface area contributed by atoms with Gasteiger partial charge in [-0.05, 0) is 12.1 Å². The van der Waals surface area contributed by atoms with Gasteiger partial charge in [-0.3, -0.25) is 9.59 Å². The Morgan fingerprint density at radius 1 is 0.766 bits per heavy atom. The molecule has 47 heavy (non-hydrogen) atoms. The second kappa shape index (κ2) is 15.9. The predicted octanol–water partition coefficient (Wildman–Crippen LogP) is 4.73.